The summed E-state index contributed by atoms with van der Waals surface area (Å²) in [6.07, 6.45) is 4.56. The number of aromatic nitrogens is 1. The van der Waals surface area contributed by atoms with Gasteiger partial charge in [0.15, 0.2) is 11.5 Å². The molecule has 0 radical (unpaired) electrons. The van der Waals surface area contributed by atoms with E-state index in [9.17, 15) is 4.79 Å². The van der Waals surface area contributed by atoms with Gasteiger partial charge in [-0.1, -0.05) is 48.5 Å². The van der Waals surface area contributed by atoms with E-state index in [0.717, 1.165) is 41.6 Å². The lowest BCUT2D eigenvalue weighted by molar-refractivity contribution is -0.120. The van der Waals surface area contributed by atoms with Gasteiger partial charge in [-0.05, 0) is 53.3 Å². The molecule has 1 unspecified atom stereocenters. The van der Waals surface area contributed by atoms with E-state index in [1.165, 1.54) is 16.5 Å². The third kappa shape index (κ3) is 3.82. The van der Waals surface area contributed by atoms with Crippen LogP contribution in [0, 0.1) is 0 Å². The molecule has 5 rings (SSSR count). The molecule has 1 atom stereocenters. The fraction of sp³-hybridized carbons (Fsp3) is 0.222. The number of nitrogens with one attached hydrogen (secondary N) is 1. The fourth-order valence-electron chi connectivity index (χ4n) is 4.60. The zero-order valence-corrected chi connectivity index (χ0v) is 18.1. The van der Waals surface area contributed by atoms with Gasteiger partial charge in [0.2, 0.25) is 6.41 Å². The number of para-hydroxylation sites is 1. The molecule has 4 aromatic rings. The van der Waals surface area contributed by atoms with E-state index in [1.54, 1.807) is 7.11 Å². The highest BCUT2D eigenvalue weighted by Crippen LogP contribution is 2.40. The molecule has 5 heteroatoms. The monoisotopic (exact) mass is 426 g/mol. The highest BCUT2D eigenvalue weighted by Gasteiger charge is 2.29. The van der Waals surface area contributed by atoms with Crippen molar-refractivity contribution in [2.75, 3.05) is 13.7 Å². The van der Waals surface area contributed by atoms with Gasteiger partial charge in [-0.15, -0.1) is 0 Å². The van der Waals surface area contributed by atoms with Crippen LogP contribution in [-0.2, 0) is 24.2 Å². The average Bonchev–Trinajstić information content (AvgIpc) is 3.26. The second-order valence-corrected chi connectivity index (χ2v) is 8.15. The van der Waals surface area contributed by atoms with Crippen LogP contribution in [0.5, 0.6) is 11.5 Å². The highest BCUT2D eigenvalue weighted by atomic mass is 16.5. The Balaban J connectivity index is 1.50. The van der Waals surface area contributed by atoms with Gasteiger partial charge in [0.25, 0.3) is 0 Å². The normalized spacial score (nSPS) is 15.4. The predicted molar refractivity (Wildman–Crippen MR) is 125 cm³/mol. The summed E-state index contributed by atoms with van der Waals surface area (Å²) in [6.45, 7) is 1.15. The van der Waals surface area contributed by atoms with E-state index in [-0.39, 0.29) is 6.04 Å². The van der Waals surface area contributed by atoms with E-state index in [4.69, 9.17) is 9.47 Å². The van der Waals surface area contributed by atoms with Gasteiger partial charge in [0.1, 0.15) is 6.61 Å². The van der Waals surface area contributed by atoms with Crippen molar-refractivity contribution in [3.63, 3.8) is 0 Å². The molecule has 162 valence electrons. The Morgan fingerprint density at radius 3 is 2.69 bits per heavy atom. The second-order valence-electron chi connectivity index (χ2n) is 8.15. The van der Waals surface area contributed by atoms with Crippen molar-refractivity contribution in [2.45, 2.75) is 25.5 Å². The summed E-state index contributed by atoms with van der Waals surface area (Å²) in [6, 6.07) is 22.4. The zero-order valence-electron chi connectivity index (χ0n) is 18.1. The van der Waals surface area contributed by atoms with Crippen LogP contribution in [-0.4, -0.2) is 29.9 Å². The Labute approximate surface area is 187 Å². The molecule has 5 nitrogen and oxygen atoms in total. The third-order valence-corrected chi connectivity index (χ3v) is 6.28. The van der Waals surface area contributed by atoms with Crippen LogP contribution < -0.4 is 9.47 Å². The van der Waals surface area contributed by atoms with Crippen molar-refractivity contribution in [1.82, 2.24) is 9.88 Å². The molecule has 3 aromatic carbocycles. The molecule has 1 amide bonds. The molecule has 32 heavy (non-hydrogen) atoms. The molecular formula is C27H26N2O3. The first-order valence-corrected chi connectivity index (χ1v) is 10.9. The molecule has 1 aliphatic heterocycles. The number of benzene rings is 3. The maximum Gasteiger partial charge on any atom is 0.210 e. The number of nitrogens with zero attached hydrogens (tertiary/aromatic N) is 1. The number of aromatic amines is 1. The fourth-order valence-corrected chi connectivity index (χ4v) is 4.60. The Bertz CT molecular complexity index is 1230. The molecule has 1 aliphatic rings. The number of carbonyl (C=O) groups is 1. The maximum atomic E-state index is 12.0. The molecule has 0 saturated heterocycles. The SMILES string of the molecule is COc1cc2c(cc1OCc1ccccc1)C(Cc1c[nH]c3ccccc13)N(C=O)CC2. The van der Waals surface area contributed by atoms with Crippen LogP contribution in [0.4, 0.5) is 0 Å². The van der Waals surface area contributed by atoms with Crippen LogP contribution in [0.15, 0.2) is 72.9 Å². The lowest BCUT2D eigenvalue weighted by Gasteiger charge is -2.35. The van der Waals surface area contributed by atoms with Crippen molar-refractivity contribution in [3.05, 3.63) is 95.2 Å². The molecule has 0 spiro atoms. The predicted octanol–water partition coefficient (Wildman–Crippen LogP) is 5.05. The minimum Gasteiger partial charge on any atom is -0.493 e. The number of ether oxygens (including phenoxy) is 2. The number of rotatable bonds is 7. The van der Waals surface area contributed by atoms with E-state index in [0.29, 0.717) is 18.9 Å². The Kier molecular flexibility index (Phi) is 5.55. The van der Waals surface area contributed by atoms with Crippen molar-refractivity contribution >= 4 is 17.3 Å². The summed E-state index contributed by atoms with van der Waals surface area (Å²) in [5.41, 5.74) is 5.73. The first kappa shape index (κ1) is 20.2. The first-order chi connectivity index (χ1) is 15.8. The third-order valence-electron chi connectivity index (χ3n) is 6.28. The number of H-pyrrole nitrogens is 1. The zero-order chi connectivity index (χ0) is 21.9. The average molecular weight is 427 g/mol. The molecule has 1 N–H and O–H groups in total. The van der Waals surface area contributed by atoms with Crippen LogP contribution in [0.2, 0.25) is 0 Å². The molecule has 0 bridgehead atoms. The summed E-state index contributed by atoms with van der Waals surface area (Å²) in [7, 11) is 1.67. The van der Waals surface area contributed by atoms with Crippen molar-refractivity contribution in [1.29, 1.82) is 0 Å². The minimum atomic E-state index is -0.0552. The number of hydrogen-bond acceptors (Lipinski definition) is 3. The van der Waals surface area contributed by atoms with Gasteiger partial charge in [-0.2, -0.15) is 0 Å². The quantitative estimate of drug-likeness (QED) is 0.421. The first-order valence-electron chi connectivity index (χ1n) is 10.9. The number of methoxy groups -OCH3 is 1. The van der Waals surface area contributed by atoms with Crippen LogP contribution in [0.1, 0.15) is 28.3 Å². The standard InChI is InChI=1S/C27H26N2O3/c1-31-26-14-20-11-12-29(18-30)25(13-21-16-28-24-10-6-5-9-22(21)24)23(20)15-27(26)32-17-19-7-3-2-4-8-19/h2-10,14-16,18,25,28H,11-13,17H2,1H3. The molecule has 0 aliphatic carbocycles. The van der Waals surface area contributed by atoms with Crippen LogP contribution in [0.3, 0.4) is 0 Å². The van der Waals surface area contributed by atoms with Crippen molar-refractivity contribution in [3.8, 4) is 11.5 Å². The number of fused-ring (bicyclic) bond motifs is 2. The lowest BCUT2D eigenvalue weighted by Crippen LogP contribution is -2.35. The molecule has 0 fully saturated rings. The van der Waals surface area contributed by atoms with E-state index >= 15 is 0 Å². The molecule has 1 aromatic heterocycles. The lowest BCUT2D eigenvalue weighted by atomic mass is 9.88. The van der Waals surface area contributed by atoms with E-state index in [1.807, 2.05) is 47.4 Å². The largest absolute Gasteiger partial charge is 0.493 e. The summed E-state index contributed by atoms with van der Waals surface area (Å²) < 4.78 is 11.8. The molecule has 0 saturated carbocycles. The maximum absolute atomic E-state index is 12.0. The summed E-state index contributed by atoms with van der Waals surface area (Å²) >= 11 is 0. The van der Waals surface area contributed by atoms with Gasteiger partial charge in [0, 0.05) is 23.6 Å². The van der Waals surface area contributed by atoms with Gasteiger partial charge in [-0.3, -0.25) is 4.79 Å². The minimum absolute atomic E-state index is 0.0552. The van der Waals surface area contributed by atoms with E-state index < -0.39 is 0 Å². The number of carbonyl (C=O) groups excluding carboxylic acids is 1. The topological polar surface area (TPSA) is 54.6 Å². The Morgan fingerprint density at radius 2 is 1.88 bits per heavy atom. The molecular weight excluding hydrogens is 400 g/mol. The Morgan fingerprint density at radius 1 is 1.06 bits per heavy atom. The van der Waals surface area contributed by atoms with Crippen molar-refractivity contribution in [2.24, 2.45) is 0 Å². The summed E-state index contributed by atoms with van der Waals surface area (Å²) in [4.78, 5) is 17.2. The second kappa shape index (κ2) is 8.79. The van der Waals surface area contributed by atoms with Crippen LogP contribution >= 0.6 is 0 Å². The highest BCUT2D eigenvalue weighted by molar-refractivity contribution is 5.83. The number of hydrogen-bond donors (Lipinski definition) is 1. The summed E-state index contributed by atoms with van der Waals surface area (Å²) in [5.74, 6) is 1.43. The van der Waals surface area contributed by atoms with Gasteiger partial charge >= 0.3 is 0 Å². The smallest absolute Gasteiger partial charge is 0.210 e. The Hall–Kier alpha value is -3.73. The van der Waals surface area contributed by atoms with Gasteiger partial charge in [-0.25, -0.2) is 0 Å². The molecule has 2 heterocycles. The van der Waals surface area contributed by atoms with Gasteiger partial charge in [0.05, 0.1) is 13.2 Å². The summed E-state index contributed by atoms with van der Waals surface area (Å²) in [5, 5.41) is 1.19. The van der Waals surface area contributed by atoms with E-state index in [2.05, 4.69) is 35.4 Å². The number of amides is 1. The van der Waals surface area contributed by atoms with Gasteiger partial charge < -0.3 is 19.4 Å². The van der Waals surface area contributed by atoms with Crippen LogP contribution in [0.25, 0.3) is 10.9 Å². The van der Waals surface area contributed by atoms with Crippen molar-refractivity contribution < 1.29 is 14.3 Å².